The average Bonchev–Trinajstić information content (AvgIpc) is 3.33. The maximum Gasteiger partial charge on any atom is 0.255 e. The van der Waals surface area contributed by atoms with Crippen molar-refractivity contribution in [3.63, 3.8) is 0 Å². The highest BCUT2D eigenvalue weighted by Gasteiger charge is 2.24. The number of para-hydroxylation sites is 1. The van der Waals surface area contributed by atoms with Crippen molar-refractivity contribution in [3.8, 4) is 0 Å². The number of pyridine rings is 1. The van der Waals surface area contributed by atoms with E-state index in [9.17, 15) is 4.79 Å². The molecule has 0 N–H and O–H groups in total. The number of carbonyl (C=O) groups excluding carboxylic acids is 1. The number of thiophene rings is 1. The monoisotopic (exact) mass is 430 g/mol. The molecule has 3 aromatic heterocycles. The van der Waals surface area contributed by atoms with Crippen LogP contribution < -0.4 is 9.80 Å². The van der Waals surface area contributed by atoms with Crippen LogP contribution in [-0.4, -0.2) is 59.0 Å². The van der Waals surface area contributed by atoms with Crippen LogP contribution in [0.25, 0.3) is 10.2 Å². The predicted octanol–water partition coefficient (Wildman–Crippen LogP) is 3.82. The van der Waals surface area contributed by atoms with Crippen molar-refractivity contribution in [2.75, 3.05) is 43.0 Å². The van der Waals surface area contributed by atoms with Gasteiger partial charge in [-0.1, -0.05) is 18.2 Å². The molecule has 4 heterocycles. The standard InChI is InChI=1S/C23H22N6OS/c1-27(18-5-3-2-4-6-18)20-8-7-17(15-24-20)23(30)29-12-10-28(11-13-29)21-19-9-14-31-22(19)26-16-25-21/h2-9,14-16H,10-13H2,1H3. The Morgan fingerprint density at radius 1 is 0.968 bits per heavy atom. The highest BCUT2D eigenvalue weighted by molar-refractivity contribution is 7.16. The van der Waals surface area contributed by atoms with Crippen LogP contribution in [0.15, 0.2) is 66.4 Å². The molecular weight excluding hydrogens is 408 g/mol. The molecular formula is C23H22N6OS. The van der Waals surface area contributed by atoms with E-state index in [1.165, 1.54) is 0 Å². The molecule has 5 rings (SSSR count). The molecule has 1 amide bonds. The third-order valence-electron chi connectivity index (χ3n) is 5.59. The van der Waals surface area contributed by atoms with Crippen LogP contribution in [0.1, 0.15) is 10.4 Å². The molecule has 1 aliphatic rings. The van der Waals surface area contributed by atoms with Gasteiger partial charge in [-0.15, -0.1) is 11.3 Å². The molecule has 1 saturated heterocycles. The fourth-order valence-electron chi connectivity index (χ4n) is 3.83. The van der Waals surface area contributed by atoms with E-state index in [4.69, 9.17) is 0 Å². The number of carbonyl (C=O) groups is 1. The van der Waals surface area contributed by atoms with E-state index in [0.717, 1.165) is 40.6 Å². The predicted molar refractivity (Wildman–Crippen MR) is 124 cm³/mol. The normalized spacial score (nSPS) is 14.1. The van der Waals surface area contributed by atoms with Crippen molar-refractivity contribution >= 4 is 44.8 Å². The Balaban J connectivity index is 1.25. The molecule has 0 spiro atoms. The van der Waals surface area contributed by atoms with E-state index in [-0.39, 0.29) is 5.91 Å². The van der Waals surface area contributed by atoms with E-state index in [1.807, 2.05) is 64.7 Å². The van der Waals surface area contributed by atoms with Gasteiger partial charge in [0.15, 0.2) is 0 Å². The lowest BCUT2D eigenvalue weighted by Gasteiger charge is -2.35. The summed E-state index contributed by atoms with van der Waals surface area (Å²) in [6.45, 7) is 2.80. The minimum absolute atomic E-state index is 0.0180. The zero-order valence-electron chi connectivity index (χ0n) is 17.2. The van der Waals surface area contributed by atoms with Crippen LogP contribution in [0.2, 0.25) is 0 Å². The van der Waals surface area contributed by atoms with Crippen LogP contribution in [0.5, 0.6) is 0 Å². The van der Waals surface area contributed by atoms with Crippen molar-refractivity contribution in [2.24, 2.45) is 0 Å². The number of piperazine rings is 1. The molecule has 1 aliphatic heterocycles. The van der Waals surface area contributed by atoms with E-state index in [2.05, 4.69) is 25.9 Å². The van der Waals surface area contributed by atoms with Gasteiger partial charge >= 0.3 is 0 Å². The molecule has 0 atom stereocenters. The maximum absolute atomic E-state index is 13.0. The molecule has 0 unspecified atom stereocenters. The van der Waals surface area contributed by atoms with Gasteiger partial charge in [0.1, 0.15) is 22.8 Å². The van der Waals surface area contributed by atoms with Gasteiger partial charge in [0.25, 0.3) is 5.91 Å². The van der Waals surface area contributed by atoms with Crippen molar-refractivity contribution in [1.82, 2.24) is 19.9 Å². The van der Waals surface area contributed by atoms with Crippen molar-refractivity contribution < 1.29 is 4.79 Å². The topological polar surface area (TPSA) is 65.5 Å². The van der Waals surface area contributed by atoms with Gasteiger partial charge in [0.05, 0.1) is 10.9 Å². The summed E-state index contributed by atoms with van der Waals surface area (Å²) in [6.07, 6.45) is 3.29. The molecule has 7 nitrogen and oxygen atoms in total. The van der Waals surface area contributed by atoms with E-state index in [0.29, 0.717) is 18.7 Å². The molecule has 1 fully saturated rings. The second-order valence-corrected chi connectivity index (χ2v) is 8.31. The Kier molecular flexibility index (Phi) is 5.21. The van der Waals surface area contributed by atoms with Gasteiger partial charge in [-0.05, 0) is 35.7 Å². The third-order valence-corrected chi connectivity index (χ3v) is 6.41. The molecule has 0 radical (unpaired) electrons. The minimum atomic E-state index is 0.0180. The summed E-state index contributed by atoms with van der Waals surface area (Å²) in [5.74, 6) is 1.77. The zero-order valence-corrected chi connectivity index (χ0v) is 18.0. The summed E-state index contributed by atoms with van der Waals surface area (Å²) in [5.41, 5.74) is 1.66. The average molecular weight is 431 g/mol. The van der Waals surface area contributed by atoms with Crippen molar-refractivity contribution in [2.45, 2.75) is 0 Å². The van der Waals surface area contributed by atoms with Gasteiger partial charge in [0.2, 0.25) is 0 Å². The van der Waals surface area contributed by atoms with Gasteiger partial charge in [-0.25, -0.2) is 15.0 Å². The molecule has 0 aliphatic carbocycles. The van der Waals surface area contributed by atoms with Crippen LogP contribution in [0.4, 0.5) is 17.3 Å². The molecule has 8 heteroatoms. The lowest BCUT2D eigenvalue weighted by atomic mass is 10.2. The summed E-state index contributed by atoms with van der Waals surface area (Å²) in [6, 6.07) is 15.8. The van der Waals surface area contributed by atoms with E-state index in [1.54, 1.807) is 23.9 Å². The number of nitrogens with zero attached hydrogens (tertiary/aromatic N) is 6. The number of amides is 1. The highest BCUT2D eigenvalue weighted by atomic mass is 32.1. The number of aromatic nitrogens is 3. The number of hydrogen-bond acceptors (Lipinski definition) is 7. The second-order valence-electron chi connectivity index (χ2n) is 7.42. The molecule has 156 valence electrons. The molecule has 0 saturated carbocycles. The molecule has 31 heavy (non-hydrogen) atoms. The zero-order chi connectivity index (χ0) is 21.2. The van der Waals surface area contributed by atoms with Crippen molar-refractivity contribution in [3.05, 3.63) is 72.0 Å². The second kappa shape index (κ2) is 8.31. The van der Waals surface area contributed by atoms with Crippen LogP contribution in [-0.2, 0) is 0 Å². The maximum atomic E-state index is 13.0. The minimum Gasteiger partial charge on any atom is -0.352 e. The first kappa shape index (κ1) is 19.4. The largest absolute Gasteiger partial charge is 0.352 e. The SMILES string of the molecule is CN(c1ccccc1)c1ccc(C(=O)N2CCN(c3ncnc4sccc34)CC2)cn1. The van der Waals surface area contributed by atoms with Crippen LogP contribution in [0, 0.1) is 0 Å². The quantitative estimate of drug-likeness (QED) is 0.490. The highest BCUT2D eigenvalue weighted by Crippen LogP contribution is 2.27. The Labute approximate surface area is 184 Å². The number of anilines is 3. The Morgan fingerprint density at radius 3 is 2.52 bits per heavy atom. The van der Waals surface area contributed by atoms with Crippen LogP contribution >= 0.6 is 11.3 Å². The number of benzene rings is 1. The third kappa shape index (κ3) is 3.82. The summed E-state index contributed by atoms with van der Waals surface area (Å²) < 4.78 is 0. The van der Waals surface area contributed by atoms with E-state index < -0.39 is 0 Å². The summed E-state index contributed by atoms with van der Waals surface area (Å²) in [7, 11) is 1.97. The van der Waals surface area contributed by atoms with Gasteiger partial charge in [-0.2, -0.15) is 0 Å². The summed E-state index contributed by atoms with van der Waals surface area (Å²) in [4.78, 5) is 33.4. The number of rotatable bonds is 4. The number of fused-ring (bicyclic) bond motifs is 1. The molecule has 4 aromatic rings. The summed E-state index contributed by atoms with van der Waals surface area (Å²) in [5, 5.41) is 3.11. The first-order chi connectivity index (χ1) is 15.2. The lowest BCUT2D eigenvalue weighted by molar-refractivity contribution is 0.0746. The number of hydrogen-bond donors (Lipinski definition) is 0. The first-order valence-electron chi connectivity index (χ1n) is 10.2. The Bertz CT molecular complexity index is 1190. The molecule has 0 bridgehead atoms. The lowest BCUT2D eigenvalue weighted by Crippen LogP contribution is -2.49. The first-order valence-corrected chi connectivity index (χ1v) is 11.1. The smallest absolute Gasteiger partial charge is 0.255 e. The Morgan fingerprint density at radius 2 is 1.77 bits per heavy atom. The fourth-order valence-corrected chi connectivity index (χ4v) is 4.56. The van der Waals surface area contributed by atoms with Gasteiger partial charge in [-0.3, -0.25) is 4.79 Å². The van der Waals surface area contributed by atoms with Crippen molar-refractivity contribution in [1.29, 1.82) is 0 Å². The summed E-state index contributed by atoms with van der Waals surface area (Å²) >= 11 is 1.62. The van der Waals surface area contributed by atoms with Crippen LogP contribution in [0.3, 0.4) is 0 Å². The molecule has 1 aromatic carbocycles. The van der Waals surface area contributed by atoms with Gasteiger partial charge < -0.3 is 14.7 Å². The fraction of sp³-hybridized carbons (Fsp3) is 0.217. The van der Waals surface area contributed by atoms with E-state index >= 15 is 0 Å². The van der Waals surface area contributed by atoms with Gasteiger partial charge in [0, 0.05) is 45.1 Å². The Hall–Kier alpha value is -3.52.